The topological polar surface area (TPSA) is 122 Å². The number of rotatable bonds is 7. The third-order valence-electron chi connectivity index (χ3n) is 6.87. The van der Waals surface area contributed by atoms with Crippen molar-refractivity contribution in [2.75, 3.05) is 12.4 Å². The summed E-state index contributed by atoms with van der Waals surface area (Å²) in [6.07, 6.45) is 2.79. The highest BCUT2D eigenvalue weighted by atomic mass is 32.1. The Hall–Kier alpha value is -4.69. The molecule has 0 spiro atoms. The van der Waals surface area contributed by atoms with Crippen LogP contribution in [0.15, 0.2) is 66.2 Å². The molecule has 200 valence electrons. The zero-order valence-electron chi connectivity index (χ0n) is 21.4. The number of nitrogens with zero attached hydrogens (tertiary/aromatic N) is 2. The van der Waals surface area contributed by atoms with Crippen molar-refractivity contribution in [1.82, 2.24) is 4.98 Å². The molecule has 1 atom stereocenters. The molecule has 11 heteroatoms. The summed E-state index contributed by atoms with van der Waals surface area (Å²) in [5.74, 6) is 0.734. The van der Waals surface area contributed by atoms with E-state index in [9.17, 15) is 20.0 Å². The van der Waals surface area contributed by atoms with Gasteiger partial charge in [-0.05, 0) is 65.3 Å². The summed E-state index contributed by atoms with van der Waals surface area (Å²) >= 11 is 1.30. The van der Waals surface area contributed by atoms with Crippen molar-refractivity contribution in [3.8, 4) is 34.3 Å². The highest BCUT2D eigenvalue weighted by Crippen LogP contribution is 2.42. The third-order valence-corrected chi connectivity index (χ3v) is 7.55. The fourth-order valence-corrected chi connectivity index (χ4v) is 5.43. The number of aryl methyl sites for hydroxylation is 1. The number of ether oxygens (including phenoxy) is 2. The Labute approximate surface area is 234 Å². The lowest BCUT2D eigenvalue weighted by Crippen LogP contribution is -2.31. The van der Waals surface area contributed by atoms with Crippen LogP contribution in [-0.2, 0) is 16.0 Å². The molecule has 40 heavy (non-hydrogen) atoms. The van der Waals surface area contributed by atoms with Gasteiger partial charge in [0.2, 0.25) is 5.91 Å². The number of esters is 1. The SMILES string of the molecule is COC(=O)c1ccc(-c2ccc(Oc3cc4c(cc3O)CCB(C#N)C4CC(=O)Nc3nccs3)cc2F)cc1. The van der Waals surface area contributed by atoms with E-state index in [2.05, 4.69) is 16.3 Å². The normalized spacial score (nSPS) is 14.1. The van der Waals surface area contributed by atoms with Gasteiger partial charge in [0.15, 0.2) is 16.6 Å². The molecule has 8 nitrogen and oxygen atoms in total. The van der Waals surface area contributed by atoms with Gasteiger partial charge in [-0.2, -0.15) is 0 Å². The number of nitriles is 1. The minimum absolute atomic E-state index is 0.0626. The van der Waals surface area contributed by atoms with Crippen LogP contribution >= 0.6 is 11.3 Å². The second-order valence-corrected chi connectivity index (χ2v) is 10.2. The lowest BCUT2D eigenvalue weighted by molar-refractivity contribution is -0.116. The first-order chi connectivity index (χ1) is 19.4. The van der Waals surface area contributed by atoms with E-state index in [1.807, 2.05) is 0 Å². The Morgan fingerprint density at radius 1 is 1.23 bits per heavy atom. The van der Waals surface area contributed by atoms with Crippen LogP contribution in [0.5, 0.6) is 17.2 Å². The molecule has 1 aliphatic heterocycles. The number of methoxy groups -OCH3 is 1. The highest BCUT2D eigenvalue weighted by Gasteiger charge is 2.36. The summed E-state index contributed by atoms with van der Waals surface area (Å²) in [6.45, 7) is -0.394. The number of benzene rings is 3. The van der Waals surface area contributed by atoms with Crippen molar-refractivity contribution in [2.45, 2.75) is 25.0 Å². The van der Waals surface area contributed by atoms with Crippen molar-refractivity contribution >= 4 is 35.1 Å². The summed E-state index contributed by atoms with van der Waals surface area (Å²) < 4.78 is 25.6. The molecule has 0 saturated heterocycles. The number of aromatic hydroxyl groups is 1. The molecule has 1 unspecified atom stereocenters. The average Bonchev–Trinajstić information content (AvgIpc) is 3.46. The predicted molar refractivity (Wildman–Crippen MR) is 149 cm³/mol. The van der Waals surface area contributed by atoms with Crippen LogP contribution < -0.4 is 10.1 Å². The van der Waals surface area contributed by atoms with Crippen LogP contribution in [-0.4, -0.2) is 35.8 Å². The fourth-order valence-electron chi connectivity index (χ4n) is 4.89. The number of phenols is 1. The molecular formula is C29H23BFN3O5S. The minimum Gasteiger partial charge on any atom is -0.504 e. The Balaban J connectivity index is 1.38. The standard InChI is InChI=1S/C29H23BFN3O5S/c1-38-28(37)18-4-2-17(3-5-18)21-7-6-20(13-24(21)31)39-26-14-22-19(12-25(26)35)8-9-30(16-32)23(22)15-27(36)34-29-33-10-11-40-29/h2-7,10-14,23,35H,8-9,15H2,1H3,(H,33,34,36). The Morgan fingerprint density at radius 3 is 2.70 bits per heavy atom. The van der Waals surface area contributed by atoms with Gasteiger partial charge in [-0.3, -0.25) is 4.79 Å². The first-order valence-corrected chi connectivity index (χ1v) is 13.3. The van der Waals surface area contributed by atoms with Crippen molar-refractivity contribution in [2.24, 2.45) is 0 Å². The first-order valence-electron chi connectivity index (χ1n) is 12.5. The quantitative estimate of drug-likeness (QED) is 0.212. The van der Waals surface area contributed by atoms with Gasteiger partial charge < -0.3 is 19.9 Å². The van der Waals surface area contributed by atoms with E-state index in [0.717, 1.165) is 11.1 Å². The molecule has 1 amide bonds. The number of halogens is 1. The van der Waals surface area contributed by atoms with Gasteiger partial charge in [-0.15, -0.1) is 11.3 Å². The lowest BCUT2D eigenvalue weighted by Gasteiger charge is -2.28. The van der Waals surface area contributed by atoms with E-state index in [1.54, 1.807) is 60.1 Å². The number of phenolic OH excluding ortho intramolecular Hbond substituents is 1. The molecule has 4 aromatic rings. The van der Waals surface area contributed by atoms with Gasteiger partial charge >= 0.3 is 5.97 Å². The van der Waals surface area contributed by atoms with Crippen LogP contribution in [0.4, 0.5) is 9.52 Å². The minimum atomic E-state index is -0.554. The van der Waals surface area contributed by atoms with Gasteiger partial charge in [0, 0.05) is 35.6 Å². The zero-order valence-corrected chi connectivity index (χ0v) is 22.2. The van der Waals surface area contributed by atoms with Crippen LogP contribution in [0.1, 0.15) is 33.7 Å². The average molecular weight is 555 g/mol. The molecular weight excluding hydrogens is 532 g/mol. The van der Waals surface area contributed by atoms with Crippen molar-refractivity contribution in [3.63, 3.8) is 0 Å². The Morgan fingerprint density at radius 2 is 2.02 bits per heavy atom. The van der Waals surface area contributed by atoms with E-state index in [1.165, 1.54) is 24.5 Å². The van der Waals surface area contributed by atoms with Crippen LogP contribution in [0.2, 0.25) is 6.32 Å². The number of nitrogens with one attached hydrogen (secondary N) is 1. The number of hydrogen-bond donors (Lipinski definition) is 2. The van der Waals surface area contributed by atoms with Gasteiger partial charge in [-0.1, -0.05) is 18.5 Å². The highest BCUT2D eigenvalue weighted by molar-refractivity contribution is 7.13. The molecule has 2 heterocycles. The van der Waals surface area contributed by atoms with Crippen molar-refractivity contribution in [1.29, 1.82) is 5.26 Å². The molecule has 0 fully saturated rings. The molecule has 0 saturated carbocycles. The van der Waals surface area contributed by atoms with Gasteiger partial charge in [-0.25, -0.2) is 19.4 Å². The van der Waals surface area contributed by atoms with Gasteiger partial charge in [0.25, 0.3) is 6.71 Å². The third kappa shape index (κ3) is 5.67. The molecule has 2 N–H and O–H groups in total. The maximum Gasteiger partial charge on any atom is 0.337 e. The monoisotopic (exact) mass is 555 g/mol. The maximum absolute atomic E-state index is 15.1. The van der Waals surface area contributed by atoms with Crippen LogP contribution in [0.3, 0.4) is 0 Å². The van der Waals surface area contributed by atoms with Gasteiger partial charge in [0.05, 0.1) is 12.7 Å². The summed E-state index contributed by atoms with van der Waals surface area (Å²) in [5.41, 5.74) is 2.80. The largest absolute Gasteiger partial charge is 0.504 e. The van der Waals surface area contributed by atoms with E-state index in [0.29, 0.717) is 34.6 Å². The van der Waals surface area contributed by atoms with E-state index in [-0.39, 0.29) is 29.6 Å². The molecule has 3 aromatic carbocycles. The molecule has 0 aliphatic carbocycles. The summed E-state index contributed by atoms with van der Waals surface area (Å²) in [4.78, 5) is 28.5. The smallest absolute Gasteiger partial charge is 0.337 e. The number of fused-ring (bicyclic) bond motifs is 1. The summed E-state index contributed by atoms with van der Waals surface area (Å²) in [7, 11) is 1.29. The van der Waals surface area contributed by atoms with E-state index in [4.69, 9.17) is 9.47 Å². The van der Waals surface area contributed by atoms with Crippen LogP contribution in [0.25, 0.3) is 11.1 Å². The Bertz CT molecular complexity index is 1610. The predicted octanol–water partition coefficient (Wildman–Crippen LogP) is 6.00. The van der Waals surface area contributed by atoms with Gasteiger partial charge in [0.1, 0.15) is 11.6 Å². The number of carbonyl (C=O) groups excluding carboxylic acids is 2. The molecule has 1 aliphatic rings. The Kier molecular flexibility index (Phi) is 7.80. The second kappa shape index (κ2) is 11.6. The van der Waals surface area contributed by atoms with E-state index >= 15 is 4.39 Å². The second-order valence-electron chi connectivity index (χ2n) is 9.30. The summed E-state index contributed by atoms with van der Waals surface area (Å²) in [5, 5.41) is 25.5. The first kappa shape index (κ1) is 26.9. The molecule has 1 aromatic heterocycles. The molecule has 0 radical (unpaired) electrons. The number of anilines is 1. The molecule has 5 rings (SSSR count). The number of thiazole rings is 1. The fraction of sp³-hybridized carbons (Fsp3) is 0.172. The maximum atomic E-state index is 15.1. The lowest BCUT2D eigenvalue weighted by atomic mass is 9.35. The summed E-state index contributed by atoms with van der Waals surface area (Å²) in [6, 6.07) is 13.9. The zero-order chi connectivity index (χ0) is 28.2. The number of carbonyl (C=O) groups is 2. The molecule has 0 bridgehead atoms. The van der Waals surface area contributed by atoms with Crippen molar-refractivity contribution < 1.29 is 28.6 Å². The van der Waals surface area contributed by atoms with E-state index < -0.39 is 24.3 Å². The van der Waals surface area contributed by atoms with Crippen molar-refractivity contribution in [3.05, 3.63) is 88.7 Å². The number of amides is 1. The van der Waals surface area contributed by atoms with Crippen LogP contribution in [0, 0.1) is 17.0 Å². The number of aromatic nitrogens is 1. The number of hydrogen-bond acceptors (Lipinski definition) is 8.